The smallest absolute Gasteiger partial charge is 0.308 e. The number of carbonyl (C=O) groups is 2. The Bertz CT molecular complexity index is 867. The molecule has 0 spiro atoms. The van der Waals surface area contributed by atoms with Crippen LogP contribution in [-0.4, -0.2) is 72.4 Å². The SMILES string of the molecule is CCCCCCCCC(CCCCCC)C(=O)OCCCCCC(CCCCCSCC(CCCCCC)OC(=O)CCC1CCCCC1)N(C)CCCCO. The van der Waals surface area contributed by atoms with E-state index in [1.54, 1.807) is 0 Å². The van der Waals surface area contributed by atoms with Gasteiger partial charge in [0.1, 0.15) is 6.10 Å². The maximum Gasteiger partial charge on any atom is 0.308 e. The van der Waals surface area contributed by atoms with Crippen molar-refractivity contribution in [2.24, 2.45) is 11.8 Å². The van der Waals surface area contributed by atoms with Gasteiger partial charge in [0.15, 0.2) is 0 Å². The van der Waals surface area contributed by atoms with Gasteiger partial charge in [0.2, 0.25) is 0 Å². The quantitative estimate of drug-likeness (QED) is 0.0487. The summed E-state index contributed by atoms with van der Waals surface area (Å²) >= 11 is 1.98. The van der Waals surface area contributed by atoms with E-state index >= 15 is 0 Å². The van der Waals surface area contributed by atoms with Crippen molar-refractivity contribution in [2.45, 2.75) is 251 Å². The summed E-state index contributed by atoms with van der Waals surface area (Å²) in [5, 5.41) is 9.34. The van der Waals surface area contributed by atoms with Gasteiger partial charge >= 0.3 is 11.9 Å². The van der Waals surface area contributed by atoms with Gasteiger partial charge in [0.25, 0.3) is 0 Å². The standard InChI is InChI=1S/C49H95NO5S/c1-5-8-11-14-15-22-33-45(32-21-12-9-6-2)49(53)54-41-28-17-23-34-46(50(4)39-26-27-40-51)35-24-18-29-42-56-43-47(36-25-13-10-7-3)55-48(52)38-37-44-30-19-16-20-31-44/h44-47,51H,5-43H2,1-4H3. The molecule has 0 saturated heterocycles. The van der Waals surface area contributed by atoms with Crippen molar-refractivity contribution in [1.29, 1.82) is 0 Å². The number of unbranched alkanes of at least 4 members (excludes halogenated alkanes) is 16. The molecule has 1 aliphatic carbocycles. The van der Waals surface area contributed by atoms with Crippen molar-refractivity contribution >= 4 is 23.7 Å². The maximum atomic E-state index is 13.1. The number of esters is 2. The molecule has 0 radical (unpaired) electrons. The monoisotopic (exact) mass is 810 g/mol. The van der Waals surface area contributed by atoms with Gasteiger partial charge in [-0.25, -0.2) is 0 Å². The number of hydrogen-bond donors (Lipinski definition) is 1. The van der Waals surface area contributed by atoms with E-state index in [1.807, 2.05) is 11.8 Å². The molecule has 1 N–H and O–H groups in total. The van der Waals surface area contributed by atoms with Crippen molar-refractivity contribution in [2.75, 3.05) is 38.3 Å². The Morgan fingerprint density at radius 3 is 1.86 bits per heavy atom. The van der Waals surface area contributed by atoms with Gasteiger partial charge < -0.3 is 19.5 Å². The molecule has 6 nitrogen and oxygen atoms in total. The highest BCUT2D eigenvalue weighted by Crippen LogP contribution is 2.28. The van der Waals surface area contributed by atoms with E-state index in [0.29, 0.717) is 19.1 Å². The fraction of sp³-hybridized carbons (Fsp3) is 0.959. The van der Waals surface area contributed by atoms with Gasteiger partial charge in [-0.3, -0.25) is 9.59 Å². The number of aliphatic hydroxyl groups is 1. The van der Waals surface area contributed by atoms with Gasteiger partial charge in [-0.05, 0) is 95.9 Å². The zero-order chi connectivity index (χ0) is 40.7. The van der Waals surface area contributed by atoms with Crippen LogP contribution in [0, 0.1) is 11.8 Å². The van der Waals surface area contributed by atoms with Crippen LogP contribution in [0.2, 0.25) is 0 Å². The van der Waals surface area contributed by atoms with Crippen molar-refractivity contribution in [3.8, 4) is 0 Å². The van der Waals surface area contributed by atoms with Crippen LogP contribution < -0.4 is 0 Å². The minimum Gasteiger partial charge on any atom is -0.465 e. The molecule has 0 aromatic rings. The third kappa shape index (κ3) is 31.2. The third-order valence-corrected chi connectivity index (χ3v) is 13.6. The summed E-state index contributed by atoms with van der Waals surface area (Å²) < 4.78 is 12.0. The summed E-state index contributed by atoms with van der Waals surface area (Å²) in [6.45, 7) is 8.63. The highest BCUT2D eigenvalue weighted by atomic mass is 32.2. The molecule has 1 rings (SSSR count). The third-order valence-electron chi connectivity index (χ3n) is 12.4. The number of nitrogens with zero attached hydrogens (tertiary/aromatic N) is 1. The highest BCUT2D eigenvalue weighted by molar-refractivity contribution is 7.99. The molecule has 0 aromatic carbocycles. The summed E-state index contributed by atoms with van der Waals surface area (Å²) in [5.74, 6) is 2.98. The Morgan fingerprint density at radius 1 is 0.661 bits per heavy atom. The molecule has 0 bridgehead atoms. The van der Waals surface area contributed by atoms with Gasteiger partial charge in [-0.1, -0.05) is 162 Å². The lowest BCUT2D eigenvalue weighted by molar-refractivity contribution is -0.150. The molecule has 56 heavy (non-hydrogen) atoms. The minimum atomic E-state index is 0.0347. The molecular formula is C49H95NO5S. The molecule has 0 amide bonds. The maximum absolute atomic E-state index is 13.1. The van der Waals surface area contributed by atoms with Crippen LogP contribution in [0.5, 0.6) is 0 Å². The van der Waals surface area contributed by atoms with Gasteiger partial charge in [0.05, 0.1) is 12.5 Å². The first-order chi connectivity index (χ1) is 27.4. The molecule has 7 heteroatoms. The van der Waals surface area contributed by atoms with Crippen LogP contribution in [-0.2, 0) is 19.1 Å². The minimum absolute atomic E-state index is 0.0347. The van der Waals surface area contributed by atoms with Gasteiger partial charge in [-0.2, -0.15) is 11.8 Å². The van der Waals surface area contributed by atoms with Crippen LogP contribution in [0.1, 0.15) is 239 Å². The van der Waals surface area contributed by atoms with Crippen LogP contribution in [0.3, 0.4) is 0 Å². The summed E-state index contributed by atoms with van der Waals surface area (Å²) in [7, 11) is 2.27. The molecule has 0 aliphatic heterocycles. The second kappa shape index (κ2) is 39.7. The fourth-order valence-electron chi connectivity index (χ4n) is 8.55. The van der Waals surface area contributed by atoms with Crippen LogP contribution in [0.4, 0.5) is 0 Å². The summed E-state index contributed by atoms with van der Waals surface area (Å²) in [4.78, 5) is 28.4. The van der Waals surface area contributed by atoms with E-state index in [0.717, 1.165) is 94.6 Å². The summed E-state index contributed by atoms with van der Waals surface area (Å²) in [5.41, 5.74) is 0. The van der Waals surface area contributed by atoms with Crippen molar-refractivity contribution in [3.05, 3.63) is 0 Å². The normalized spacial score (nSPS) is 15.2. The Hall–Kier alpha value is -0.790. The predicted molar refractivity (Wildman–Crippen MR) is 243 cm³/mol. The average molecular weight is 810 g/mol. The number of hydrogen-bond acceptors (Lipinski definition) is 7. The lowest BCUT2D eigenvalue weighted by atomic mass is 9.86. The van der Waals surface area contributed by atoms with Crippen molar-refractivity contribution < 1.29 is 24.2 Å². The molecule has 0 aromatic heterocycles. The molecule has 332 valence electrons. The molecule has 0 heterocycles. The van der Waals surface area contributed by atoms with Crippen LogP contribution in [0.15, 0.2) is 0 Å². The van der Waals surface area contributed by atoms with Gasteiger partial charge in [0, 0.05) is 24.8 Å². The lowest BCUT2D eigenvalue weighted by Crippen LogP contribution is -2.32. The molecule has 1 fully saturated rings. The lowest BCUT2D eigenvalue weighted by Gasteiger charge is -2.28. The zero-order valence-corrected chi connectivity index (χ0v) is 38.6. The highest BCUT2D eigenvalue weighted by Gasteiger charge is 2.21. The second-order valence-corrected chi connectivity index (χ2v) is 18.8. The van der Waals surface area contributed by atoms with E-state index < -0.39 is 0 Å². The predicted octanol–water partition coefficient (Wildman–Crippen LogP) is 14.0. The van der Waals surface area contributed by atoms with E-state index in [9.17, 15) is 14.7 Å². The van der Waals surface area contributed by atoms with E-state index in [1.165, 1.54) is 141 Å². The van der Waals surface area contributed by atoms with Crippen LogP contribution >= 0.6 is 11.8 Å². The first kappa shape index (κ1) is 53.2. The Labute approximate surface area is 352 Å². The number of rotatable bonds is 41. The topological polar surface area (TPSA) is 76.1 Å². The zero-order valence-electron chi connectivity index (χ0n) is 37.8. The number of ether oxygens (including phenoxy) is 2. The summed E-state index contributed by atoms with van der Waals surface area (Å²) in [6.07, 6.45) is 39.9. The Kier molecular flexibility index (Phi) is 37.7. The van der Waals surface area contributed by atoms with E-state index in [4.69, 9.17) is 9.47 Å². The van der Waals surface area contributed by atoms with E-state index in [-0.39, 0.29) is 30.6 Å². The number of carbonyl (C=O) groups excluding carboxylic acids is 2. The summed E-state index contributed by atoms with van der Waals surface area (Å²) in [6, 6.07) is 0.564. The fourth-order valence-corrected chi connectivity index (χ4v) is 9.62. The first-order valence-corrected chi connectivity index (χ1v) is 25.8. The van der Waals surface area contributed by atoms with Crippen molar-refractivity contribution in [3.63, 3.8) is 0 Å². The number of thioether (sulfide) groups is 1. The van der Waals surface area contributed by atoms with Gasteiger partial charge in [-0.15, -0.1) is 0 Å². The van der Waals surface area contributed by atoms with Crippen molar-refractivity contribution in [1.82, 2.24) is 4.90 Å². The molecule has 3 unspecified atom stereocenters. The Balaban J connectivity index is 2.42. The van der Waals surface area contributed by atoms with Crippen LogP contribution in [0.25, 0.3) is 0 Å². The Morgan fingerprint density at radius 2 is 1.21 bits per heavy atom. The molecular weight excluding hydrogens is 715 g/mol. The molecule has 1 saturated carbocycles. The second-order valence-electron chi connectivity index (χ2n) is 17.6. The first-order valence-electron chi connectivity index (χ1n) is 24.7. The largest absolute Gasteiger partial charge is 0.465 e. The number of aliphatic hydroxyl groups excluding tert-OH is 1. The molecule has 3 atom stereocenters. The average Bonchev–Trinajstić information content (AvgIpc) is 3.20. The van der Waals surface area contributed by atoms with E-state index in [2.05, 4.69) is 32.7 Å². The molecule has 1 aliphatic rings.